The first kappa shape index (κ1) is 14.0. The minimum absolute atomic E-state index is 0.570. The highest BCUT2D eigenvalue weighted by molar-refractivity contribution is 5.77. The van der Waals surface area contributed by atoms with Crippen LogP contribution in [0.4, 0.5) is 0 Å². The van der Waals surface area contributed by atoms with Crippen LogP contribution in [0.5, 0.6) is 0 Å². The number of fused-ring (bicyclic) bond motifs is 1. The normalized spacial score (nSPS) is 17.9. The summed E-state index contributed by atoms with van der Waals surface area (Å²) in [6.07, 6.45) is 7.79. The highest BCUT2D eigenvalue weighted by Crippen LogP contribution is 2.30. The number of para-hydroxylation sites is 1. The van der Waals surface area contributed by atoms with E-state index in [9.17, 15) is 9.90 Å². The van der Waals surface area contributed by atoms with Crippen molar-refractivity contribution < 1.29 is 9.90 Å². The molecule has 1 aliphatic rings. The van der Waals surface area contributed by atoms with Crippen LogP contribution < -0.4 is 5.11 Å². The number of carbonyl (C=O) groups is 1. The Morgan fingerprint density at radius 1 is 1.29 bits per heavy atom. The van der Waals surface area contributed by atoms with E-state index in [1.54, 1.807) is 0 Å². The maximum absolute atomic E-state index is 11.5. The molecule has 0 radical (unpaired) electrons. The van der Waals surface area contributed by atoms with Gasteiger partial charge >= 0.3 is 0 Å². The summed E-state index contributed by atoms with van der Waals surface area (Å²) in [5.41, 5.74) is 1.48. The van der Waals surface area contributed by atoms with Gasteiger partial charge in [-0.2, -0.15) is 0 Å². The van der Waals surface area contributed by atoms with Crippen LogP contribution in [-0.2, 0) is 4.79 Å². The molecule has 0 saturated heterocycles. The number of hydrogen-bond donors (Lipinski definition) is 0. The monoisotopic (exact) mass is 286 g/mol. The average Bonchev–Trinajstić information content (AvgIpc) is 2.92. The summed E-state index contributed by atoms with van der Waals surface area (Å²) in [6, 6.07) is 6.71. The zero-order valence-electron chi connectivity index (χ0n) is 12.1. The fraction of sp³-hybridized carbons (Fsp3) is 0.562. The SMILES string of the molecule is O=C([O-])C(CCC1CCCCC1)n1nnc2ccccc21. The molecule has 2 aromatic rings. The molecule has 21 heavy (non-hydrogen) atoms. The quantitative estimate of drug-likeness (QED) is 0.843. The molecule has 1 heterocycles. The van der Waals surface area contributed by atoms with Crippen LogP contribution in [0.3, 0.4) is 0 Å². The zero-order chi connectivity index (χ0) is 14.7. The maximum Gasteiger partial charge on any atom is 0.113 e. The van der Waals surface area contributed by atoms with Gasteiger partial charge < -0.3 is 9.90 Å². The van der Waals surface area contributed by atoms with Crippen molar-refractivity contribution >= 4 is 17.0 Å². The Balaban J connectivity index is 1.76. The van der Waals surface area contributed by atoms with E-state index in [2.05, 4.69) is 10.3 Å². The molecule has 0 N–H and O–H groups in total. The predicted octanol–water partition coefficient (Wildman–Crippen LogP) is 2.08. The second-order valence-electron chi connectivity index (χ2n) is 5.94. The number of aliphatic carboxylic acids is 1. The Hall–Kier alpha value is -1.91. The minimum atomic E-state index is -1.07. The summed E-state index contributed by atoms with van der Waals surface area (Å²) in [7, 11) is 0. The molecular weight excluding hydrogens is 266 g/mol. The first-order valence-electron chi connectivity index (χ1n) is 7.76. The van der Waals surface area contributed by atoms with E-state index in [4.69, 9.17) is 0 Å². The smallest absolute Gasteiger partial charge is 0.113 e. The number of benzene rings is 1. The molecule has 5 nitrogen and oxygen atoms in total. The number of carbonyl (C=O) groups excluding carboxylic acids is 1. The molecule has 5 heteroatoms. The third-order valence-electron chi connectivity index (χ3n) is 4.52. The van der Waals surface area contributed by atoms with Crippen LogP contribution >= 0.6 is 0 Å². The van der Waals surface area contributed by atoms with Gasteiger partial charge in [0.05, 0.1) is 17.5 Å². The summed E-state index contributed by atoms with van der Waals surface area (Å²) < 4.78 is 1.51. The number of rotatable bonds is 5. The second-order valence-corrected chi connectivity index (χ2v) is 5.94. The lowest BCUT2D eigenvalue weighted by Gasteiger charge is -2.25. The van der Waals surface area contributed by atoms with Gasteiger partial charge in [-0.25, -0.2) is 4.68 Å². The van der Waals surface area contributed by atoms with Crippen molar-refractivity contribution in [1.29, 1.82) is 0 Å². The highest BCUT2D eigenvalue weighted by Gasteiger charge is 2.20. The number of hydrogen-bond acceptors (Lipinski definition) is 4. The first-order valence-corrected chi connectivity index (χ1v) is 7.76. The van der Waals surface area contributed by atoms with Gasteiger partial charge in [0, 0.05) is 0 Å². The molecule has 0 spiro atoms. The van der Waals surface area contributed by atoms with E-state index < -0.39 is 12.0 Å². The fourth-order valence-corrected chi connectivity index (χ4v) is 3.33. The second kappa shape index (κ2) is 6.24. The summed E-state index contributed by atoms with van der Waals surface area (Å²) in [5, 5.41) is 19.6. The number of aromatic nitrogens is 3. The number of carboxylic acid groups (broad SMARTS) is 1. The van der Waals surface area contributed by atoms with E-state index in [0.717, 1.165) is 17.5 Å². The molecular formula is C16H20N3O2-. The van der Waals surface area contributed by atoms with Crippen LogP contribution in [0.2, 0.25) is 0 Å². The molecule has 1 aliphatic carbocycles. The minimum Gasteiger partial charge on any atom is -0.548 e. The van der Waals surface area contributed by atoms with Gasteiger partial charge in [0.1, 0.15) is 5.52 Å². The first-order chi connectivity index (χ1) is 10.3. The van der Waals surface area contributed by atoms with Crippen LogP contribution in [-0.4, -0.2) is 21.0 Å². The molecule has 1 fully saturated rings. The lowest BCUT2D eigenvalue weighted by Crippen LogP contribution is -2.34. The van der Waals surface area contributed by atoms with Gasteiger partial charge in [-0.1, -0.05) is 49.5 Å². The van der Waals surface area contributed by atoms with Crippen molar-refractivity contribution in [1.82, 2.24) is 15.0 Å². The lowest BCUT2D eigenvalue weighted by molar-refractivity contribution is -0.310. The van der Waals surface area contributed by atoms with Gasteiger partial charge in [0.25, 0.3) is 0 Å². The molecule has 3 rings (SSSR count). The molecule has 1 aromatic carbocycles. The van der Waals surface area contributed by atoms with Crippen LogP contribution in [0.25, 0.3) is 11.0 Å². The topological polar surface area (TPSA) is 70.8 Å². The predicted molar refractivity (Wildman–Crippen MR) is 77.4 cm³/mol. The Morgan fingerprint density at radius 2 is 2.05 bits per heavy atom. The van der Waals surface area contributed by atoms with Gasteiger partial charge in [0.2, 0.25) is 0 Å². The summed E-state index contributed by atoms with van der Waals surface area (Å²) in [4.78, 5) is 11.5. The molecule has 112 valence electrons. The summed E-state index contributed by atoms with van der Waals surface area (Å²) >= 11 is 0. The zero-order valence-corrected chi connectivity index (χ0v) is 12.1. The van der Waals surface area contributed by atoms with E-state index in [-0.39, 0.29) is 0 Å². The number of nitrogens with zero attached hydrogens (tertiary/aromatic N) is 3. The summed E-state index contributed by atoms with van der Waals surface area (Å²) in [6.45, 7) is 0. The molecule has 1 saturated carbocycles. The Kier molecular flexibility index (Phi) is 4.18. The Labute approximate surface area is 124 Å². The molecule has 1 atom stereocenters. The molecule has 1 aromatic heterocycles. The van der Waals surface area contributed by atoms with Crippen LogP contribution in [0.1, 0.15) is 51.0 Å². The van der Waals surface area contributed by atoms with Gasteiger partial charge in [-0.15, -0.1) is 5.10 Å². The molecule has 0 bridgehead atoms. The van der Waals surface area contributed by atoms with Crippen molar-refractivity contribution in [2.45, 2.75) is 51.0 Å². The largest absolute Gasteiger partial charge is 0.548 e. The summed E-state index contributed by atoms with van der Waals surface area (Å²) in [5.74, 6) is -0.420. The van der Waals surface area contributed by atoms with E-state index in [1.807, 2.05) is 24.3 Å². The van der Waals surface area contributed by atoms with Gasteiger partial charge in [-0.05, 0) is 30.9 Å². The van der Waals surface area contributed by atoms with Gasteiger partial charge in [-0.3, -0.25) is 0 Å². The van der Waals surface area contributed by atoms with Crippen LogP contribution in [0.15, 0.2) is 24.3 Å². The highest BCUT2D eigenvalue weighted by atomic mass is 16.4. The third-order valence-corrected chi connectivity index (χ3v) is 4.52. The van der Waals surface area contributed by atoms with E-state index in [1.165, 1.54) is 36.8 Å². The fourth-order valence-electron chi connectivity index (χ4n) is 3.33. The Morgan fingerprint density at radius 3 is 2.81 bits per heavy atom. The van der Waals surface area contributed by atoms with E-state index in [0.29, 0.717) is 12.3 Å². The van der Waals surface area contributed by atoms with Crippen molar-refractivity contribution in [2.24, 2.45) is 5.92 Å². The number of carboxylic acids is 1. The maximum atomic E-state index is 11.5. The average molecular weight is 286 g/mol. The van der Waals surface area contributed by atoms with Crippen molar-refractivity contribution in [3.8, 4) is 0 Å². The Bertz CT molecular complexity index is 617. The van der Waals surface area contributed by atoms with Crippen molar-refractivity contribution in [3.63, 3.8) is 0 Å². The molecule has 0 amide bonds. The molecule has 0 aliphatic heterocycles. The van der Waals surface area contributed by atoms with Crippen molar-refractivity contribution in [2.75, 3.05) is 0 Å². The van der Waals surface area contributed by atoms with Crippen molar-refractivity contribution in [3.05, 3.63) is 24.3 Å². The van der Waals surface area contributed by atoms with E-state index >= 15 is 0 Å². The standard InChI is InChI=1S/C16H21N3O2/c20-16(21)15(11-10-12-6-2-1-3-7-12)19-14-9-5-4-8-13(14)17-18-19/h4-5,8-9,12,15H,1-3,6-7,10-11H2,(H,20,21)/p-1. The van der Waals surface area contributed by atoms with Gasteiger partial charge in [0.15, 0.2) is 0 Å². The third kappa shape index (κ3) is 3.06. The van der Waals surface area contributed by atoms with Crippen LogP contribution in [0, 0.1) is 5.92 Å². The molecule has 1 unspecified atom stereocenters. The lowest BCUT2D eigenvalue weighted by atomic mass is 9.85.